The first kappa shape index (κ1) is 12.9. The van der Waals surface area contributed by atoms with Crippen LogP contribution in [0.5, 0.6) is 0 Å². The van der Waals surface area contributed by atoms with Gasteiger partial charge in [-0.25, -0.2) is 0 Å². The Kier molecular flexibility index (Phi) is 4.86. The fourth-order valence-electron chi connectivity index (χ4n) is 2.40. The summed E-state index contributed by atoms with van der Waals surface area (Å²) in [6, 6.07) is 6.55. The second-order valence-electron chi connectivity index (χ2n) is 4.73. The van der Waals surface area contributed by atoms with Gasteiger partial charge in [-0.1, -0.05) is 41.3 Å². The van der Waals surface area contributed by atoms with E-state index in [0.717, 1.165) is 4.47 Å². The Bertz CT molecular complexity index is 357. The summed E-state index contributed by atoms with van der Waals surface area (Å²) in [6.45, 7) is 2.98. The average molecular weight is 297 g/mol. The number of nitrogens with two attached hydrogens (primary N) is 1. The molecule has 1 aromatic rings. The van der Waals surface area contributed by atoms with Crippen molar-refractivity contribution in [3.8, 4) is 0 Å². The van der Waals surface area contributed by atoms with Crippen LogP contribution in [0.2, 0.25) is 0 Å². The molecule has 1 fully saturated rings. The lowest BCUT2D eigenvalue weighted by Gasteiger charge is -2.27. The van der Waals surface area contributed by atoms with Gasteiger partial charge in [0, 0.05) is 29.8 Å². The molecule has 0 saturated carbocycles. The summed E-state index contributed by atoms with van der Waals surface area (Å²) in [7, 11) is 0. The minimum atomic E-state index is 0.598. The quantitative estimate of drug-likeness (QED) is 0.902. The molecular formula is C14H21BrN2. The summed E-state index contributed by atoms with van der Waals surface area (Å²) in [5.41, 5.74) is 8.19. The first-order valence-corrected chi connectivity index (χ1v) is 7.34. The number of benzene rings is 1. The van der Waals surface area contributed by atoms with Gasteiger partial charge in [0.2, 0.25) is 0 Å². The summed E-state index contributed by atoms with van der Waals surface area (Å²) in [5, 5.41) is 0. The van der Waals surface area contributed by atoms with Crippen LogP contribution in [0.1, 0.15) is 37.7 Å². The van der Waals surface area contributed by atoms with Crippen molar-refractivity contribution in [1.82, 2.24) is 0 Å². The second-order valence-corrected chi connectivity index (χ2v) is 5.59. The Labute approximate surface area is 112 Å². The van der Waals surface area contributed by atoms with Crippen molar-refractivity contribution in [2.24, 2.45) is 5.73 Å². The Morgan fingerprint density at radius 2 is 1.71 bits per heavy atom. The Balaban J connectivity index is 2.11. The SMILES string of the molecule is NCc1ccc(N2CCCCCCC2)cc1Br. The third-order valence-electron chi connectivity index (χ3n) is 3.48. The van der Waals surface area contributed by atoms with E-state index in [2.05, 4.69) is 39.0 Å². The van der Waals surface area contributed by atoms with Gasteiger partial charge in [-0.2, -0.15) is 0 Å². The van der Waals surface area contributed by atoms with E-state index in [1.165, 1.54) is 56.4 Å². The molecule has 0 bridgehead atoms. The second kappa shape index (κ2) is 6.41. The largest absolute Gasteiger partial charge is 0.372 e. The Hall–Kier alpha value is -0.540. The third-order valence-corrected chi connectivity index (χ3v) is 4.22. The van der Waals surface area contributed by atoms with Crippen LogP contribution in [-0.4, -0.2) is 13.1 Å². The highest BCUT2D eigenvalue weighted by Crippen LogP contribution is 2.25. The number of halogens is 1. The first-order valence-electron chi connectivity index (χ1n) is 6.54. The molecule has 1 aromatic carbocycles. The van der Waals surface area contributed by atoms with E-state index in [9.17, 15) is 0 Å². The molecule has 1 aliphatic rings. The Morgan fingerprint density at radius 3 is 2.29 bits per heavy atom. The molecule has 0 radical (unpaired) electrons. The van der Waals surface area contributed by atoms with Crippen LogP contribution in [0.25, 0.3) is 0 Å². The summed E-state index contributed by atoms with van der Waals surface area (Å²) >= 11 is 3.60. The molecule has 3 heteroatoms. The summed E-state index contributed by atoms with van der Waals surface area (Å²) in [6.07, 6.45) is 6.78. The molecule has 0 amide bonds. The minimum Gasteiger partial charge on any atom is -0.372 e. The normalized spacial score (nSPS) is 17.6. The highest BCUT2D eigenvalue weighted by atomic mass is 79.9. The smallest absolute Gasteiger partial charge is 0.0377 e. The predicted octanol–water partition coefficient (Wildman–Crippen LogP) is 3.68. The molecule has 0 aliphatic carbocycles. The van der Waals surface area contributed by atoms with E-state index in [1.54, 1.807) is 0 Å². The van der Waals surface area contributed by atoms with E-state index in [0.29, 0.717) is 6.54 Å². The van der Waals surface area contributed by atoms with Gasteiger partial charge in [-0.3, -0.25) is 0 Å². The van der Waals surface area contributed by atoms with Gasteiger partial charge in [0.05, 0.1) is 0 Å². The van der Waals surface area contributed by atoms with Gasteiger partial charge >= 0.3 is 0 Å². The van der Waals surface area contributed by atoms with E-state index in [4.69, 9.17) is 5.73 Å². The lowest BCUT2D eigenvalue weighted by atomic mass is 10.1. The van der Waals surface area contributed by atoms with E-state index in [1.807, 2.05) is 0 Å². The maximum Gasteiger partial charge on any atom is 0.0377 e. The first-order chi connectivity index (χ1) is 8.31. The fourth-order valence-corrected chi connectivity index (χ4v) is 2.93. The zero-order valence-corrected chi connectivity index (χ0v) is 11.9. The van der Waals surface area contributed by atoms with Crippen LogP contribution in [-0.2, 0) is 6.54 Å². The van der Waals surface area contributed by atoms with Crippen LogP contribution in [0.4, 0.5) is 5.69 Å². The molecule has 0 unspecified atom stereocenters. The molecule has 94 valence electrons. The zero-order valence-electron chi connectivity index (χ0n) is 10.3. The molecule has 2 nitrogen and oxygen atoms in total. The molecule has 0 atom stereocenters. The number of hydrogen-bond donors (Lipinski definition) is 1. The van der Waals surface area contributed by atoms with E-state index >= 15 is 0 Å². The van der Waals surface area contributed by atoms with Crippen LogP contribution >= 0.6 is 15.9 Å². The molecule has 1 aliphatic heterocycles. The van der Waals surface area contributed by atoms with Crippen LogP contribution in [0, 0.1) is 0 Å². The number of hydrogen-bond acceptors (Lipinski definition) is 2. The minimum absolute atomic E-state index is 0.598. The van der Waals surface area contributed by atoms with Crippen LogP contribution in [0.3, 0.4) is 0 Å². The van der Waals surface area contributed by atoms with Crippen LogP contribution < -0.4 is 10.6 Å². The standard InChI is InChI=1S/C14H21BrN2/c15-14-10-13(7-6-12(14)11-16)17-8-4-2-1-3-5-9-17/h6-7,10H,1-5,8-9,11,16H2. The van der Waals surface area contributed by atoms with Gasteiger partial charge in [-0.05, 0) is 30.5 Å². The summed E-state index contributed by atoms with van der Waals surface area (Å²) in [5.74, 6) is 0. The van der Waals surface area contributed by atoms with E-state index in [-0.39, 0.29) is 0 Å². The maximum absolute atomic E-state index is 5.68. The van der Waals surface area contributed by atoms with Gasteiger partial charge in [0.25, 0.3) is 0 Å². The highest BCUT2D eigenvalue weighted by Gasteiger charge is 2.10. The lowest BCUT2D eigenvalue weighted by Crippen LogP contribution is -2.26. The van der Waals surface area contributed by atoms with Crippen molar-refractivity contribution >= 4 is 21.6 Å². The van der Waals surface area contributed by atoms with Crippen molar-refractivity contribution in [3.63, 3.8) is 0 Å². The molecule has 0 spiro atoms. The molecule has 1 saturated heterocycles. The third kappa shape index (κ3) is 3.46. The van der Waals surface area contributed by atoms with Gasteiger partial charge in [0.1, 0.15) is 0 Å². The number of rotatable bonds is 2. The zero-order chi connectivity index (χ0) is 12.1. The molecule has 0 aromatic heterocycles. The number of anilines is 1. The Morgan fingerprint density at radius 1 is 1.06 bits per heavy atom. The topological polar surface area (TPSA) is 29.3 Å². The highest BCUT2D eigenvalue weighted by molar-refractivity contribution is 9.10. The average Bonchev–Trinajstić information content (AvgIpc) is 2.28. The molecular weight excluding hydrogens is 276 g/mol. The van der Waals surface area contributed by atoms with Gasteiger partial charge in [-0.15, -0.1) is 0 Å². The van der Waals surface area contributed by atoms with Crippen molar-refractivity contribution in [3.05, 3.63) is 28.2 Å². The number of nitrogens with zero attached hydrogens (tertiary/aromatic N) is 1. The molecule has 1 heterocycles. The molecule has 2 rings (SSSR count). The summed E-state index contributed by atoms with van der Waals surface area (Å²) in [4.78, 5) is 2.50. The van der Waals surface area contributed by atoms with Gasteiger partial charge < -0.3 is 10.6 Å². The van der Waals surface area contributed by atoms with Crippen molar-refractivity contribution in [1.29, 1.82) is 0 Å². The maximum atomic E-state index is 5.68. The van der Waals surface area contributed by atoms with Crippen molar-refractivity contribution in [2.45, 2.75) is 38.6 Å². The van der Waals surface area contributed by atoms with Crippen molar-refractivity contribution in [2.75, 3.05) is 18.0 Å². The van der Waals surface area contributed by atoms with E-state index < -0.39 is 0 Å². The monoisotopic (exact) mass is 296 g/mol. The molecule has 2 N–H and O–H groups in total. The fraction of sp³-hybridized carbons (Fsp3) is 0.571. The predicted molar refractivity (Wildman–Crippen MR) is 77.3 cm³/mol. The van der Waals surface area contributed by atoms with Crippen molar-refractivity contribution < 1.29 is 0 Å². The summed E-state index contributed by atoms with van der Waals surface area (Å²) < 4.78 is 1.14. The lowest BCUT2D eigenvalue weighted by molar-refractivity contribution is 0.556. The van der Waals surface area contributed by atoms with Crippen LogP contribution in [0.15, 0.2) is 22.7 Å². The van der Waals surface area contributed by atoms with Gasteiger partial charge in [0.15, 0.2) is 0 Å². The molecule has 17 heavy (non-hydrogen) atoms.